The maximum absolute atomic E-state index is 10.6. The molecule has 5 nitrogen and oxygen atoms in total. The Kier molecular flexibility index (Phi) is 5.92. The topological polar surface area (TPSA) is 79.3 Å². The smallest absolute Gasteiger partial charge is 0.338 e. The fourth-order valence-electron chi connectivity index (χ4n) is 0.726. The highest BCUT2D eigenvalue weighted by Crippen LogP contribution is 2.21. The van der Waals surface area contributed by atoms with E-state index in [-0.39, 0.29) is 23.7 Å². The van der Waals surface area contributed by atoms with Crippen molar-refractivity contribution in [2.45, 2.75) is 0 Å². The molecule has 1 heterocycles. The van der Waals surface area contributed by atoms with E-state index in [4.69, 9.17) is 16.7 Å². The van der Waals surface area contributed by atoms with Crippen molar-refractivity contribution in [3.05, 3.63) is 16.6 Å². The van der Waals surface area contributed by atoms with Crippen molar-refractivity contribution < 1.29 is 14.7 Å². The number of carboxylic acid groups (broad SMARTS) is 1. The highest BCUT2D eigenvalue weighted by Gasteiger charge is 2.13. The monoisotopic (exact) mass is 268 g/mol. The molecule has 1 rings (SSSR count). The number of amides is 1. The van der Waals surface area contributed by atoms with Crippen molar-refractivity contribution in [3.63, 3.8) is 0 Å². The van der Waals surface area contributed by atoms with Gasteiger partial charge < -0.3 is 10.4 Å². The molecule has 0 aliphatic heterocycles. The van der Waals surface area contributed by atoms with Gasteiger partial charge in [0.15, 0.2) is 5.13 Å². The minimum atomic E-state index is -1.16. The maximum atomic E-state index is 10.6. The van der Waals surface area contributed by atoms with Gasteiger partial charge in [-0.05, 0) is 0 Å². The number of thiazole rings is 1. The van der Waals surface area contributed by atoms with Crippen molar-refractivity contribution in [3.8, 4) is 0 Å². The number of halogens is 2. The Morgan fingerprint density at radius 3 is 2.80 bits per heavy atom. The maximum Gasteiger partial charge on any atom is 0.338 e. The summed E-state index contributed by atoms with van der Waals surface area (Å²) in [6, 6.07) is 0. The summed E-state index contributed by atoms with van der Waals surface area (Å²) in [5, 5.41) is 12.8. The second kappa shape index (κ2) is 6.39. The van der Waals surface area contributed by atoms with Gasteiger partial charge in [-0.3, -0.25) is 4.79 Å². The number of carbonyl (C=O) groups is 2. The van der Waals surface area contributed by atoms with Crippen LogP contribution in [0.1, 0.15) is 5.69 Å². The summed E-state index contributed by atoms with van der Waals surface area (Å²) in [4.78, 5) is 24.5. The number of nitrogens with one attached hydrogen (secondary N) is 1. The number of carbonyl (C=O) groups excluding carboxylic acids is 1. The molecule has 0 bridgehead atoms. The summed E-state index contributed by atoms with van der Waals surface area (Å²) in [6.45, 7) is 0. The molecule has 0 spiro atoms. The molecule has 0 saturated carbocycles. The Bertz CT molecular complexity index is 391. The van der Waals surface area contributed by atoms with Crippen LogP contribution in [0.3, 0.4) is 0 Å². The lowest BCUT2D eigenvalue weighted by molar-refractivity contribution is -0.130. The Hall–Kier alpha value is -1.11. The third-order valence-electron chi connectivity index (χ3n) is 1.30. The fraction of sp³-hybridized carbons (Fsp3) is 0. The van der Waals surface area contributed by atoms with Gasteiger partial charge in [0.2, 0.25) is 6.41 Å². The van der Waals surface area contributed by atoms with Crippen molar-refractivity contribution in [1.29, 1.82) is 0 Å². The van der Waals surface area contributed by atoms with Gasteiger partial charge in [0.05, 0.1) is 11.3 Å². The molecule has 15 heavy (non-hydrogen) atoms. The third kappa shape index (κ3) is 3.50. The summed E-state index contributed by atoms with van der Waals surface area (Å²) >= 11 is 6.43. The zero-order valence-corrected chi connectivity index (χ0v) is 9.53. The number of carboxylic acids is 1. The van der Waals surface area contributed by atoms with E-state index in [1.165, 1.54) is 5.38 Å². The molecule has 8 heteroatoms. The van der Waals surface area contributed by atoms with Crippen LogP contribution < -0.4 is 5.32 Å². The molecule has 1 aromatic rings. The molecule has 2 N–H and O–H groups in total. The highest BCUT2D eigenvalue weighted by molar-refractivity contribution is 7.14. The number of anilines is 1. The Morgan fingerprint density at radius 2 is 2.33 bits per heavy atom. The first-order valence-corrected chi connectivity index (χ1v) is 4.70. The Labute approximate surface area is 100 Å². The normalized spacial score (nSPS) is 10.3. The predicted octanol–water partition coefficient (Wildman–Crippen LogP) is 1.80. The van der Waals surface area contributed by atoms with E-state index < -0.39 is 5.97 Å². The van der Waals surface area contributed by atoms with Crippen LogP contribution in [0.5, 0.6) is 0 Å². The summed E-state index contributed by atoms with van der Waals surface area (Å²) < 4.78 is 0. The van der Waals surface area contributed by atoms with Crippen LogP contribution in [0.25, 0.3) is 5.57 Å². The summed E-state index contributed by atoms with van der Waals surface area (Å²) in [6.07, 6.45) is 0.466. The van der Waals surface area contributed by atoms with Crippen LogP contribution in [-0.4, -0.2) is 22.5 Å². The van der Waals surface area contributed by atoms with Crippen molar-refractivity contribution >= 4 is 58.4 Å². The van der Waals surface area contributed by atoms with Crippen LogP contribution in [0.4, 0.5) is 5.13 Å². The van der Waals surface area contributed by atoms with Crippen LogP contribution in [0, 0.1) is 0 Å². The van der Waals surface area contributed by atoms with Gasteiger partial charge >= 0.3 is 5.97 Å². The van der Waals surface area contributed by atoms with E-state index in [9.17, 15) is 9.59 Å². The molecule has 0 radical (unpaired) electrons. The Balaban J connectivity index is 0.00000196. The van der Waals surface area contributed by atoms with Gasteiger partial charge in [0, 0.05) is 10.9 Å². The van der Waals surface area contributed by atoms with E-state index in [0.717, 1.165) is 16.9 Å². The molecule has 0 aliphatic carbocycles. The second-order valence-electron chi connectivity index (χ2n) is 2.13. The van der Waals surface area contributed by atoms with Crippen LogP contribution in [0.2, 0.25) is 0 Å². The number of nitrogens with zero attached hydrogens (tertiary/aromatic N) is 1. The Morgan fingerprint density at radius 1 is 1.67 bits per heavy atom. The molecule has 0 fully saturated rings. The second-order valence-corrected chi connectivity index (χ2v) is 3.20. The van der Waals surface area contributed by atoms with Gasteiger partial charge in [-0.25, -0.2) is 9.78 Å². The molecule has 0 aromatic carbocycles. The third-order valence-corrected chi connectivity index (χ3v) is 2.29. The van der Waals surface area contributed by atoms with E-state index in [2.05, 4.69) is 10.3 Å². The standard InChI is InChI=1S/C7H5ClN2O3S.ClH/c8-1-4(6(12)13)5-2-14-7(10-5)9-3-11;/h1-3H,(H,12,13)(H,9,10,11);1H. The van der Waals surface area contributed by atoms with Crippen LogP contribution in [-0.2, 0) is 9.59 Å². The average molecular weight is 269 g/mol. The van der Waals surface area contributed by atoms with E-state index in [0.29, 0.717) is 11.5 Å². The van der Waals surface area contributed by atoms with Crippen LogP contribution >= 0.6 is 35.3 Å². The molecular weight excluding hydrogens is 263 g/mol. The molecule has 0 aliphatic rings. The minimum absolute atomic E-state index is 0. The summed E-state index contributed by atoms with van der Waals surface area (Å²) in [5.74, 6) is -1.16. The van der Waals surface area contributed by atoms with Crippen molar-refractivity contribution in [2.75, 3.05) is 5.32 Å². The molecular formula is C7H6Cl2N2O3S. The summed E-state index contributed by atoms with van der Waals surface area (Å²) in [5.41, 5.74) is 1.05. The molecule has 82 valence electrons. The molecule has 0 unspecified atom stereocenters. The lowest BCUT2D eigenvalue weighted by Gasteiger charge is -1.93. The van der Waals surface area contributed by atoms with Gasteiger partial charge in [0.1, 0.15) is 0 Å². The molecule has 1 aromatic heterocycles. The van der Waals surface area contributed by atoms with Gasteiger partial charge in [0.25, 0.3) is 0 Å². The first-order chi connectivity index (χ1) is 6.69. The average Bonchev–Trinajstić information content (AvgIpc) is 2.54. The largest absolute Gasteiger partial charge is 0.478 e. The zero-order valence-electron chi connectivity index (χ0n) is 7.14. The number of aliphatic carboxylic acids is 1. The number of rotatable bonds is 4. The van der Waals surface area contributed by atoms with Gasteiger partial charge in [-0.1, -0.05) is 11.6 Å². The van der Waals surface area contributed by atoms with Gasteiger partial charge in [-0.15, -0.1) is 23.7 Å². The van der Waals surface area contributed by atoms with Crippen molar-refractivity contribution in [2.24, 2.45) is 0 Å². The first kappa shape index (κ1) is 13.9. The minimum Gasteiger partial charge on any atom is -0.478 e. The van der Waals surface area contributed by atoms with E-state index in [1.54, 1.807) is 0 Å². The SMILES string of the molecule is Cl.O=CNc1nc(C(=CCl)C(=O)O)cs1. The predicted molar refractivity (Wildman–Crippen MR) is 60.5 cm³/mol. The fourth-order valence-corrected chi connectivity index (χ4v) is 1.60. The quantitative estimate of drug-likeness (QED) is 0.645. The lowest BCUT2D eigenvalue weighted by atomic mass is 10.2. The summed E-state index contributed by atoms with van der Waals surface area (Å²) in [7, 11) is 0. The lowest BCUT2D eigenvalue weighted by Crippen LogP contribution is -2.00. The molecule has 0 atom stereocenters. The molecule has 0 saturated heterocycles. The molecule has 1 amide bonds. The van der Waals surface area contributed by atoms with Gasteiger partial charge in [-0.2, -0.15) is 0 Å². The van der Waals surface area contributed by atoms with Crippen LogP contribution in [0.15, 0.2) is 10.9 Å². The van der Waals surface area contributed by atoms with E-state index in [1.807, 2.05) is 0 Å². The van der Waals surface area contributed by atoms with E-state index >= 15 is 0 Å². The first-order valence-electron chi connectivity index (χ1n) is 3.38. The number of hydrogen-bond donors (Lipinski definition) is 2. The zero-order chi connectivity index (χ0) is 10.6. The number of aromatic nitrogens is 1. The number of hydrogen-bond acceptors (Lipinski definition) is 4. The van der Waals surface area contributed by atoms with Crippen molar-refractivity contribution in [1.82, 2.24) is 4.98 Å². The highest BCUT2D eigenvalue weighted by atomic mass is 35.5.